The fraction of sp³-hybridized carbons (Fsp3) is 0.464. The van der Waals surface area contributed by atoms with Crippen LogP contribution < -0.4 is 9.64 Å². The van der Waals surface area contributed by atoms with Gasteiger partial charge in [0, 0.05) is 32.8 Å². The number of ether oxygens (including phenoxy) is 1. The highest BCUT2D eigenvalue weighted by Crippen LogP contribution is 2.32. The van der Waals surface area contributed by atoms with Gasteiger partial charge in [-0.05, 0) is 52.0 Å². The van der Waals surface area contributed by atoms with Crippen LogP contribution in [0.2, 0.25) is 0 Å². The van der Waals surface area contributed by atoms with Gasteiger partial charge in [0.25, 0.3) is 5.91 Å². The standard InChI is InChI=1S/C28H36N6O4/c1-19(2)34(18-36)27-25(28(37)32(4)14-9-15-35)33(17-21-10-6-5-7-11-21)26(31-27)24-20(3)30-23(16-29-24)38-22-12-8-13-22/h5-7,10-11,16,18-19,22,35H,8-9,12-15,17H2,1-4H3. The number of hydrogen-bond donors (Lipinski definition) is 1. The number of imidazole rings is 1. The van der Waals surface area contributed by atoms with Gasteiger partial charge < -0.3 is 19.3 Å². The van der Waals surface area contributed by atoms with E-state index in [2.05, 4.69) is 9.97 Å². The normalized spacial score (nSPS) is 13.3. The predicted molar refractivity (Wildman–Crippen MR) is 144 cm³/mol. The molecule has 2 heterocycles. The number of hydrogen-bond acceptors (Lipinski definition) is 7. The summed E-state index contributed by atoms with van der Waals surface area (Å²) in [5.41, 5.74) is 2.36. The van der Waals surface area contributed by atoms with E-state index in [1.165, 1.54) is 4.90 Å². The molecule has 0 unspecified atom stereocenters. The van der Waals surface area contributed by atoms with E-state index >= 15 is 0 Å². The summed E-state index contributed by atoms with van der Waals surface area (Å²) in [5.74, 6) is 0.869. The van der Waals surface area contributed by atoms with Crippen molar-refractivity contribution in [2.45, 2.75) is 65.1 Å². The van der Waals surface area contributed by atoms with Crippen LogP contribution >= 0.6 is 0 Å². The van der Waals surface area contributed by atoms with Crippen molar-refractivity contribution in [1.82, 2.24) is 24.4 Å². The SMILES string of the molecule is Cc1nc(OC2CCC2)cnc1-c1nc(N(C=O)C(C)C)c(C(=O)N(C)CCCO)n1Cc1ccccc1. The molecule has 3 aromatic rings. The van der Waals surface area contributed by atoms with Gasteiger partial charge in [-0.2, -0.15) is 0 Å². The molecule has 1 fully saturated rings. The van der Waals surface area contributed by atoms with E-state index in [0.29, 0.717) is 49.0 Å². The minimum atomic E-state index is -0.300. The van der Waals surface area contributed by atoms with Crippen LogP contribution in [0.1, 0.15) is 61.3 Å². The Balaban J connectivity index is 1.88. The quantitative estimate of drug-likeness (QED) is 0.364. The molecule has 1 aromatic carbocycles. The van der Waals surface area contributed by atoms with Crippen LogP contribution in [0.3, 0.4) is 0 Å². The lowest BCUT2D eigenvalue weighted by molar-refractivity contribution is -0.107. The van der Waals surface area contributed by atoms with Crippen molar-refractivity contribution in [3.63, 3.8) is 0 Å². The van der Waals surface area contributed by atoms with Gasteiger partial charge in [-0.25, -0.2) is 15.0 Å². The lowest BCUT2D eigenvalue weighted by Crippen LogP contribution is -2.35. The minimum Gasteiger partial charge on any atom is -0.473 e. The van der Waals surface area contributed by atoms with Gasteiger partial charge in [0.1, 0.15) is 11.8 Å². The molecule has 1 aliphatic rings. The minimum absolute atomic E-state index is 0.0322. The maximum atomic E-state index is 13.9. The van der Waals surface area contributed by atoms with E-state index in [-0.39, 0.29) is 36.2 Å². The van der Waals surface area contributed by atoms with Crippen molar-refractivity contribution in [3.8, 4) is 17.4 Å². The second-order valence-electron chi connectivity index (χ2n) is 9.90. The number of nitrogens with zero attached hydrogens (tertiary/aromatic N) is 6. The molecule has 10 nitrogen and oxygen atoms in total. The number of aliphatic hydroxyl groups is 1. The van der Waals surface area contributed by atoms with Gasteiger partial charge >= 0.3 is 0 Å². The first kappa shape index (κ1) is 27.3. The molecular weight excluding hydrogens is 484 g/mol. The monoisotopic (exact) mass is 520 g/mol. The molecule has 202 valence electrons. The number of aromatic nitrogens is 4. The molecule has 2 amide bonds. The molecule has 1 N–H and O–H groups in total. The highest BCUT2D eigenvalue weighted by Gasteiger charge is 2.31. The van der Waals surface area contributed by atoms with Gasteiger partial charge in [-0.3, -0.25) is 14.5 Å². The summed E-state index contributed by atoms with van der Waals surface area (Å²) in [6, 6.07) is 9.51. The number of carbonyl (C=O) groups is 2. The Kier molecular flexibility index (Phi) is 8.73. The molecule has 0 bridgehead atoms. The lowest BCUT2D eigenvalue weighted by Gasteiger charge is -2.25. The third kappa shape index (κ3) is 5.85. The summed E-state index contributed by atoms with van der Waals surface area (Å²) in [5, 5.41) is 9.31. The topological polar surface area (TPSA) is 114 Å². The first-order chi connectivity index (χ1) is 18.3. The zero-order valence-corrected chi connectivity index (χ0v) is 22.5. The predicted octanol–water partition coefficient (Wildman–Crippen LogP) is 3.45. The Morgan fingerprint density at radius 1 is 1.24 bits per heavy atom. The van der Waals surface area contributed by atoms with Crippen molar-refractivity contribution in [3.05, 3.63) is 53.5 Å². The molecule has 0 aliphatic heterocycles. The van der Waals surface area contributed by atoms with E-state index in [9.17, 15) is 14.7 Å². The Morgan fingerprint density at radius 2 is 1.97 bits per heavy atom. The molecule has 0 saturated heterocycles. The van der Waals surface area contributed by atoms with Gasteiger partial charge in [0.15, 0.2) is 17.3 Å². The zero-order chi connectivity index (χ0) is 27.2. The van der Waals surface area contributed by atoms with Gasteiger partial charge in [0.05, 0.1) is 11.9 Å². The number of carbonyl (C=O) groups excluding carboxylic acids is 2. The molecule has 10 heteroatoms. The third-order valence-corrected chi connectivity index (χ3v) is 6.72. The van der Waals surface area contributed by atoms with Gasteiger partial charge in [-0.1, -0.05) is 30.3 Å². The molecule has 38 heavy (non-hydrogen) atoms. The van der Waals surface area contributed by atoms with Gasteiger partial charge in [0.2, 0.25) is 12.3 Å². The number of anilines is 1. The Bertz CT molecular complexity index is 1260. The van der Waals surface area contributed by atoms with Crippen molar-refractivity contribution < 1.29 is 19.4 Å². The summed E-state index contributed by atoms with van der Waals surface area (Å²) < 4.78 is 7.74. The van der Waals surface area contributed by atoms with Crippen LogP contribution in [0.5, 0.6) is 5.88 Å². The first-order valence-electron chi connectivity index (χ1n) is 13.1. The van der Waals surface area contributed by atoms with Crippen molar-refractivity contribution >= 4 is 18.1 Å². The summed E-state index contributed by atoms with van der Waals surface area (Å²) in [6.07, 6.45) is 6.08. The average molecular weight is 521 g/mol. The van der Waals surface area contributed by atoms with Crippen molar-refractivity contribution in [2.75, 3.05) is 25.1 Å². The fourth-order valence-electron chi connectivity index (χ4n) is 4.33. The van der Waals surface area contributed by atoms with E-state index in [4.69, 9.17) is 9.72 Å². The van der Waals surface area contributed by atoms with Crippen LogP contribution in [-0.4, -0.2) is 74.2 Å². The van der Waals surface area contributed by atoms with E-state index in [1.807, 2.05) is 55.7 Å². The maximum Gasteiger partial charge on any atom is 0.274 e. The smallest absolute Gasteiger partial charge is 0.274 e. The lowest BCUT2D eigenvalue weighted by atomic mass is 9.96. The number of rotatable bonds is 12. The van der Waals surface area contributed by atoms with Crippen LogP contribution in [0.4, 0.5) is 5.82 Å². The highest BCUT2D eigenvalue weighted by molar-refractivity contribution is 6.00. The molecule has 4 rings (SSSR count). The second-order valence-corrected chi connectivity index (χ2v) is 9.90. The first-order valence-corrected chi connectivity index (χ1v) is 13.1. The number of aliphatic hydroxyl groups excluding tert-OH is 1. The van der Waals surface area contributed by atoms with Crippen molar-refractivity contribution in [2.24, 2.45) is 0 Å². The molecule has 0 atom stereocenters. The Morgan fingerprint density at radius 3 is 2.55 bits per heavy atom. The maximum absolute atomic E-state index is 13.9. The third-order valence-electron chi connectivity index (χ3n) is 6.72. The molecule has 2 aromatic heterocycles. The highest BCUT2D eigenvalue weighted by atomic mass is 16.5. The zero-order valence-electron chi connectivity index (χ0n) is 22.5. The summed E-state index contributed by atoms with van der Waals surface area (Å²) in [7, 11) is 1.68. The van der Waals surface area contributed by atoms with Crippen LogP contribution in [0.15, 0.2) is 36.5 Å². The summed E-state index contributed by atoms with van der Waals surface area (Å²) in [6.45, 7) is 6.23. The van der Waals surface area contributed by atoms with E-state index in [0.717, 1.165) is 24.8 Å². The molecule has 0 radical (unpaired) electrons. The Hall–Kier alpha value is -3.79. The largest absolute Gasteiger partial charge is 0.473 e. The summed E-state index contributed by atoms with van der Waals surface area (Å²) in [4.78, 5) is 43.2. The number of benzene rings is 1. The van der Waals surface area contributed by atoms with E-state index < -0.39 is 0 Å². The van der Waals surface area contributed by atoms with Crippen LogP contribution in [-0.2, 0) is 11.3 Å². The molecule has 1 saturated carbocycles. The molecule has 0 spiro atoms. The Labute approximate surface area is 223 Å². The fourth-order valence-corrected chi connectivity index (χ4v) is 4.33. The number of aryl methyl sites for hydroxylation is 1. The van der Waals surface area contributed by atoms with Crippen LogP contribution in [0.25, 0.3) is 11.5 Å². The average Bonchev–Trinajstić information content (AvgIpc) is 3.23. The second kappa shape index (κ2) is 12.2. The van der Waals surface area contributed by atoms with Crippen LogP contribution in [0, 0.1) is 6.92 Å². The van der Waals surface area contributed by atoms with Gasteiger partial charge in [-0.15, -0.1) is 0 Å². The number of amides is 2. The summed E-state index contributed by atoms with van der Waals surface area (Å²) >= 11 is 0. The molecule has 1 aliphatic carbocycles. The van der Waals surface area contributed by atoms with E-state index in [1.54, 1.807) is 18.1 Å². The van der Waals surface area contributed by atoms with Crippen molar-refractivity contribution in [1.29, 1.82) is 0 Å². The molecular formula is C28H36N6O4.